The molecule has 0 spiro atoms. The van der Waals surface area contributed by atoms with Gasteiger partial charge in [0.05, 0.1) is 40.1 Å². The Kier molecular flexibility index (Phi) is 6.12. The lowest BCUT2D eigenvalue weighted by molar-refractivity contribution is -0.120. The molecule has 1 aliphatic rings. The van der Waals surface area contributed by atoms with Gasteiger partial charge in [0.2, 0.25) is 10.0 Å². The van der Waals surface area contributed by atoms with E-state index in [-0.39, 0.29) is 10.5 Å². The van der Waals surface area contributed by atoms with Gasteiger partial charge in [-0.3, -0.25) is 4.79 Å². The fourth-order valence-corrected chi connectivity index (χ4v) is 5.81. The minimum atomic E-state index is -4.15. The first kappa shape index (κ1) is 21.2. The van der Waals surface area contributed by atoms with Gasteiger partial charge in [-0.1, -0.05) is 40.9 Å². The number of nitrogens with one attached hydrogen (secondary N) is 2. The van der Waals surface area contributed by atoms with Crippen LogP contribution in [0.3, 0.4) is 0 Å². The molecule has 8 nitrogen and oxygen atoms in total. The Morgan fingerprint density at radius 2 is 1.85 bits per heavy atom. The molecule has 1 heterocycles. The number of rotatable bonds is 4. The number of hydrogen-bond donors (Lipinski definition) is 2. The molecule has 0 aromatic heterocycles. The van der Waals surface area contributed by atoms with Crippen molar-refractivity contribution in [3.8, 4) is 6.07 Å². The molecule has 13 heteroatoms. The van der Waals surface area contributed by atoms with Crippen LogP contribution in [0, 0.1) is 11.3 Å². The number of benzene rings is 1. The number of nitrogens with zero attached hydrogens (tertiary/aromatic N) is 1. The highest BCUT2D eigenvalue weighted by Gasteiger charge is 2.43. The average Bonchev–Trinajstić information content (AvgIpc) is 2.79. The molecule has 1 aromatic carbocycles. The lowest BCUT2D eigenvalue weighted by Gasteiger charge is -2.22. The van der Waals surface area contributed by atoms with Crippen molar-refractivity contribution >= 4 is 60.6 Å². The van der Waals surface area contributed by atoms with Crippen LogP contribution in [0.25, 0.3) is 0 Å². The Morgan fingerprint density at radius 3 is 2.42 bits per heavy atom. The summed E-state index contributed by atoms with van der Waals surface area (Å²) in [6.45, 7) is 0. The van der Waals surface area contributed by atoms with E-state index in [9.17, 15) is 21.6 Å². The lowest BCUT2D eigenvalue weighted by atomic mass is 10.2. The summed E-state index contributed by atoms with van der Waals surface area (Å²) in [5.41, 5.74) is 0.118. The number of nitriles is 1. The van der Waals surface area contributed by atoms with Crippen LogP contribution in [0.4, 0.5) is 0 Å². The molecule has 2 atom stereocenters. The molecule has 142 valence electrons. The van der Waals surface area contributed by atoms with Crippen LogP contribution >= 0.6 is 34.8 Å². The predicted molar refractivity (Wildman–Crippen MR) is 96.1 cm³/mol. The Balaban J connectivity index is 2.27. The van der Waals surface area contributed by atoms with E-state index in [0.29, 0.717) is 0 Å². The van der Waals surface area contributed by atoms with E-state index in [4.69, 9.17) is 40.1 Å². The number of halogens is 3. The van der Waals surface area contributed by atoms with Crippen LogP contribution in [0.2, 0.25) is 0 Å². The summed E-state index contributed by atoms with van der Waals surface area (Å²) in [5.74, 6) is -2.11. The molecule has 2 N–H and O–H groups in total. The van der Waals surface area contributed by atoms with Crippen molar-refractivity contribution in [3.05, 3.63) is 29.8 Å². The van der Waals surface area contributed by atoms with Gasteiger partial charge < -0.3 is 5.32 Å². The second-order valence-corrected chi connectivity index (χ2v) is 11.7. The summed E-state index contributed by atoms with van der Waals surface area (Å²) < 4.78 is 48.6. The molecule has 1 aliphatic heterocycles. The highest BCUT2D eigenvalue weighted by Crippen LogP contribution is 2.27. The van der Waals surface area contributed by atoms with Gasteiger partial charge >= 0.3 is 0 Å². The van der Waals surface area contributed by atoms with Gasteiger partial charge in [0, 0.05) is 0 Å². The van der Waals surface area contributed by atoms with E-state index in [1.807, 2.05) is 6.07 Å². The molecule has 0 bridgehead atoms. The predicted octanol–water partition coefficient (Wildman–Crippen LogP) is 0.489. The molecule has 1 fully saturated rings. The molecule has 0 radical (unpaired) electrons. The van der Waals surface area contributed by atoms with E-state index in [2.05, 4.69) is 10.0 Å². The summed E-state index contributed by atoms with van der Waals surface area (Å²) in [6, 6.07) is 4.72. The zero-order chi connectivity index (χ0) is 19.8. The number of sulfonamides is 1. The van der Waals surface area contributed by atoms with Crippen molar-refractivity contribution in [3.63, 3.8) is 0 Å². The van der Waals surface area contributed by atoms with Crippen molar-refractivity contribution in [2.45, 2.75) is 20.8 Å². The molecule has 1 aromatic rings. The summed E-state index contributed by atoms with van der Waals surface area (Å²) in [5, 5.41) is 11.1. The van der Waals surface area contributed by atoms with Crippen molar-refractivity contribution in [1.29, 1.82) is 5.26 Å². The topological polar surface area (TPSA) is 133 Å². The van der Waals surface area contributed by atoms with Gasteiger partial charge in [0.1, 0.15) is 0 Å². The second-order valence-electron chi connectivity index (χ2n) is 5.52. The van der Waals surface area contributed by atoms with E-state index >= 15 is 0 Å². The Labute approximate surface area is 165 Å². The molecule has 0 aliphatic carbocycles. The Morgan fingerprint density at radius 1 is 1.23 bits per heavy atom. The second kappa shape index (κ2) is 7.50. The number of sulfone groups is 1. The summed E-state index contributed by atoms with van der Waals surface area (Å²) in [7, 11) is -7.77. The van der Waals surface area contributed by atoms with Crippen LogP contribution < -0.4 is 10.0 Å². The normalized spacial score (nSPS) is 22.5. The number of carbonyl (C=O) groups excluding carboxylic acids is 1. The van der Waals surface area contributed by atoms with E-state index in [0.717, 1.165) is 6.07 Å². The Bertz CT molecular complexity index is 967. The van der Waals surface area contributed by atoms with Gasteiger partial charge in [-0.15, -0.1) is 0 Å². The highest BCUT2D eigenvalue weighted by molar-refractivity contribution is 7.92. The maximum Gasteiger partial charge on any atom is 0.272 e. The molecule has 0 unspecified atom stereocenters. The standard InChI is InChI=1S/C13H12Cl3N3O5S2/c14-13(15,16)12(20)18-10-6-25(21,22)7-11(10)19-26(23,24)9-3-1-2-8(4-9)5-17/h1-4,10-11,19H,6-7H2,(H,18,20)/t10-,11-/m0/s1. The molecular formula is C13H12Cl3N3O5S2. The average molecular weight is 461 g/mol. The van der Waals surface area contributed by atoms with Crippen molar-refractivity contribution in [2.75, 3.05) is 11.5 Å². The van der Waals surface area contributed by atoms with Crippen LogP contribution in [0.1, 0.15) is 5.56 Å². The highest BCUT2D eigenvalue weighted by atomic mass is 35.6. The van der Waals surface area contributed by atoms with Crippen LogP contribution in [0.15, 0.2) is 29.2 Å². The Hall–Kier alpha value is -1.09. The molecule has 1 amide bonds. The van der Waals surface area contributed by atoms with Gasteiger partial charge in [0.25, 0.3) is 9.70 Å². The first-order chi connectivity index (χ1) is 11.8. The summed E-state index contributed by atoms with van der Waals surface area (Å²) >= 11 is 16.3. The van der Waals surface area contributed by atoms with Crippen LogP contribution in [-0.2, 0) is 24.7 Å². The lowest BCUT2D eigenvalue weighted by Crippen LogP contribution is -2.53. The van der Waals surface area contributed by atoms with Crippen molar-refractivity contribution in [2.24, 2.45) is 0 Å². The fraction of sp³-hybridized carbons (Fsp3) is 0.385. The summed E-state index contributed by atoms with van der Waals surface area (Å²) in [4.78, 5) is 11.6. The number of hydrogen-bond acceptors (Lipinski definition) is 6. The first-order valence-electron chi connectivity index (χ1n) is 6.95. The number of carbonyl (C=O) groups is 1. The van der Waals surface area contributed by atoms with E-state index < -0.39 is 53.1 Å². The minimum Gasteiger partial charge on any atom is -0.347 e. The zero-order valence-electron chi connectivity index (χ0n) is 12.8. The largest absolute Gasteiger partial charge is 0.347 e. The zero-order valence-corrected chi connectivity index (χ0v) is 16.7. The third-order valence-electron chi connectivity index (χ3n) is 3.51. The maximum absolute atomic E-state index is 12.5. The van der Waals surface area contributed by atoms with Crippen molar-refractivity contribution < 1.29 is 21.6 Å². The quantitative estimate of drug-likeness (QED) is 0.628. The molecule has 0 saturated carbocycles. The smallest absolute Gasteiger partial charge is 0.272 e. The third kappa shape index (κ3) is 5.22. The number of alkyl halides is 3. The van der Waals surface area contributed by atoms with Crippen LogP contribution in [-0.4, -0.2) is 50.1 Å². The van der Waals surface area contributed by atoms with Gasteiger partial charge in [-0.05, 0) is 18.2 Å². The van der Waals surface area contributed by atoms with Gasteiger partial charge in [0.15, 0.2) is 9.84 Å². The third-order valence-corrected chi connectivity index (χ3v) is 7.24. The molecule has 1 saturated heterocycles. The number of amides is 1. The SMILES string of the molecule is N#Cc1cccc(S(=O)(=O)N[C@H]2CS(=O)(=O)C[C@@H]2NC(=O)C(Cl)(Cl)Cl)c1. The fourth-order valence-electron chi connectivity index (χ4n) is 2.36. The van der Waals surface area contributed by atoms with E-state index in [1.165, 1.54) is 18.2 Å². The monoisotopic (exact) mass is 459 g/mol. The minimum absolute atomic E-state index is 0.118. The van der Waals surface area contributed by atoms with Gasteiger partial charge in [-0.25, -0.2) is 21.6 Å². The molecule has 26 heavy (non-hydrogen) atoms. The molecular weight excluding hydrogens is 449 g/mol. The summed E-state index contributed by atoms with van der Waals surface area (Å²) in [6.07, 6.45) is 0. The van der Waals surface area contributed by atoms with Crippen molar-refractivity contribution in [1.82, 2.24) is 10.0 Å². The van der Waals surface area contributed by atoms with Gasteiger partial charge in [-0.2, -0.15) is 5.26 Å². The first-order valence-corrected chi connectivity index (χ1v) is 11.4. The molecule has 2 rings (SSSR count). The van der Waals surface area contributed by atoms with E-state index in [1.54, 1.807) is 0 Å². The van der Waals surface area contributed by atoms with Crippen LogP contribution in [0.5, 0.6) is 0 Å². The maximum atomic E-state index is 12.5.